The van der Waals surface area contributed by atoms with E-state index in [-0.39, 0.29) is 67.7 Å². The van der Waals surface area contributed by atoms with Crippen molar-refractivity contribution in [1.29, 1.82) is 0 Å². The standard InChI is InChI=1S/C66H88N8O37S3/c1-27-48(83)53(88)54(89)62(105-27)109-58-47(74-60(91)35-21-42(82)73-65(94)72-35)61(107-39(26-77)56(58)108-63-55(90)59(50(85)38(25-76)106-63)111-66(64(92)93)22-36(79)44(70-28(2)78)57(110-66)49(84)37(80)24-75)104-15-8-6-4-3-5-7-12-41(81)67-13-14-68-45-46(52(87)51(45)86)71-31-11-9-10-29(16-31)23-69-34-19-32(112(95,96)97)17-30-18-33(113(98,99)100)20-40(43(30)34)114(101,102)103/h9-11,16-21,27,36-39,44,47-50,53-59,61-63,68-69,71,75-77,79-80,83-85,88-90H,3-8,12-15,22-26H2,1-2H3,(H,67,81)(H,70,78)(H,74,91)(H,92,93)(H,95,96,97)(H,98,99,100)(H,101,102,103)(H2,72,73,82,94)/t27-,36+,37+,38-,39-,44-,47-,48+,49-,50+,53+,54-,55-,56-,57-,58-,59+,61-,62+,63+,66+/m1/s1. The Morgan fingerprint density at radius 3 is 1.92 bits per heavy atom. The average molecular weight is 1680 g/mol. The lowest BCUT2D eigenvalue weighted by Crippen LogP contribution is -2.71. The molecule has 5 aromatic rings. The van der Waals surface area contributed by atoms with Crippen LogP contribution in [-0.4, -0.2) is 302 Å². The highest BCUT2D eigenvalue weighted by Gasteiger charge is 2.61. The van der Waals surface area contributed by atoms with Crippen LogP contribution in [0, 0.1) is 0 Å². The van der Waals surface area contributed by atoms with Crippen molar-refractivity contribution < 1.29 is 157 Å². The van der Waals surface area contributed by atoms with Crippen LogP contribution in [0.25, 0.3) is 10.8 Å². The van der Waals surface area contributed by atoms with Gasteiger partial charge in [-0.05, 0) is 67.1 Å². The molecule has 4 aromatic carbocycles. The number of ether oxygens (including phenoxy) is 8. The van der Waals surface area contributed by atoms with Gasteiger partial charge in [-0.15, -0.1) is 0 Å². The molecule has 632 valence electrons. The molecule has 114 heavy (non-hydrogen) atoms. The van der Waals surface area contributed by atoms with Gasteiger partial charge < -0.3 is 136 Å². The number of hydrogen-bond acceptors (Lipinski definition) is 36. The zero-order valence-corrected chi connectivity index (χ0v) is 62.7. The largest absolute Gasteiger partial charge is 0.477 e. The maximum atomic E-state index is 14.2. The summed E-state index contributed by atoms with van der Waals surface area (Å²) in [7, 11) is -15.4. The number of aliphatic hydroxyl groups excluding tert-OH is 11. The molecule has 4 aliphatic rings. The molecule has 1 aromatic heterocycles. The molecule has 0 unspecified atom stereocenters. The van der Waals surface area contributed by atoms with Crippen LogP contribution in [-0.2, 0) is 89.2 Å². The molecule has 9 rings (SSSR count). The molecular weight excluding hydrogens is 1590 g/mol. The maximum Gasteiger partial charge on any atom is 0.364 e. The van der Waals surface area contributed by atoms with Crippen molar-refractivity contribution in [1.82, 2.24) is 25.9 Å². The molecule has 0 bridgehead atoms. The molecule has 4 fully saturated rings. The number of aliphatic carboxylic acids is 1. The Hall–Kier alpha value is -8.07. The van der Waals surface area contributed by atoms with Gasteiger partial charge in [0.1, 0.15) is 107 Å². The minimum absolute atomic E-state index is 0.00382. The Bertz CT molecular complexity index is 4780. The van der Waals surface area contributed by atoms with E-state index >= 15 is 0 Å². The maximum absolute atomic E-state index is 14.2. The second kappa shape index (κ2) is 37.9. The molecule has 48 heteroatoms. The van der Waals surface area contributed by atoms with Crippen molar-refractivity contribution in [2.24, 2.45) is 0 Å². The topological polar surface area (TPSA) is 720 Å². The number of fused-ring (bicyclic) bond motifs is 1. The molecule has 4 saturated heterocycles. The van der Waals surface area contributed by atoms with Gasteiger partial charge in [0.05, 0.1) is 47.9 Å². The number of nitrogens with one attached hydrogen (secondary N) is 8. The number of benzene rings is 3. The van der Waals surface area contributed by atoms with Gasteiger partial charge in [0, 0.05) is 68.8 Å². The first-order valence-electron chi connectivity index (χ1n) is 35.2. The average Bonchev–Trinajstić information content (AvgIpc) is 0.786. The highest BCUT2D eigenvalue weighted by Crippen LogP contribution is 2.41. The Morgan fingerprint density at radius 2 is 1.29 bits per heavy atom. The number of rotatable bonds is 37. The Balaban J connectivity index is 0.816. The molecule has 3 amide bonds. The van der Waals surface area contributed by atoms with E-state index in [0.717, 1.165) is 13.0 Å². The summed E-state index contributed by atoms with van der Waals surface area (Å²) in [6, 6.07) is 5.83. The Kier molecular flexibility index (Phi) is 29.9. The molecule has 45 nitrogen and oxygen atoms in total. The third-order valence-electron chi connectivity index (χ3n) is 19.1. The van der Waals surface area contributed by atoms with Crippen molar-refractivity contribution in [2.75, 3.05) is 55.5 Å². The van der Waals surface area contributed by atoms with E-state index in [1.807, 2.05) is 4.98 Å². The first kappa shape index (κ1) is 89.9. The smallest absolute Gasteiger partial charge is 0.364 e. The van der Waals surface area contributed by atoms with Crippen LogP contribution in [0.3, 0.4) is 0 Å². The lowest BCUT2D eigenvalue weighted by molar-refractivity contribution is -0.391. The van der Waals surface area contributed by atoms with Crippen LogP contribution in [0.5, 0.6) is 0 Å². The summed E-state index contributed by atoms with van der Waals surface area (Å²) in [5, 5.41) is 146. The molecule has 0 aliphatic carbocycles. The summed E-state index contributed by atoms with van der Waals surface area (Å²) in [5.74, 6) is -7.83. The summed E-state index contributed by atoms with van der Waals surface area (Å²) in [5.41, 5.74) is -4.63. The van der Waals surface area contributed by atoms with E-state index in [1.165, 1.54) is 31.2 Å². The SMILES string of the molecule is CC(=O)N[C@H]1[C@H]([C@H](O)[C@@H](O)CO)O[C@@](O[C@H]2[C@@H](O)[C@@H](CO)O[C@@H](O[C@H]3[C@H](O[C@@H]4O[C@H](C)[C@H](O)[C@H](O)[C@H]4O)[C@@H](NC(=O)c4cc(=O)[nH]c(=O)[nH]4)[C@H](OCCCCCCCCC(=O)NCCNc4c(Nc5cccc(CNc6cc(S(=O)(=O)O)cc7cc(S(=O)(=O)O)cc(S(=O)(=O)O)c67)c5)c(=O)c4=O)O[C@@H]3CO)[C@@H]2O)(C(=O)O)C[C@@H]1O. The van der Waals surface area contributed by atoms with Crippen molar-refractivity contribution in [3.8, 4) is 0 Å². The number of hydrogen-bond donors (Lipinski definition) is 23. The zero-order chi connectivity index (χ0) is 83.8. The van der Waals surface area contributed by atoms with Gasteiger partial charge in [-0.1, -0.05) is 37.8 Å². The first-order valence-corrected chi connectivity index (χ1v) is 39.6. The molecule has 23 N–H and O–H groups in total. The number of carbonyl (C=O) groups excluding carboxylic acids is 3. The number of carbonyl (C=O) groups is 4. The Labute approximate surface area is 645 Å². The van der Waals surface area contributed by atoms with Gasteiger partial charge >= 0.3 is 11.7 Å². The number of H-pyrrole nitrogens is 2. The molecule has 0 spiro atoms. The van der Waals surface area contributed by atoms with Gasteiger partial charge in [-0.25, -0.2) is 9.59 Å². The Morgan fingerprint density at radius 1 is 0.658 bits per heavy atom. The summed E-state index contributed by atoms with van der Waals surface area (Å²) in [6.07, 6.45) is -35.1. The van der Waals surface area contributed by atoms with Gasteiger partial charge in [0.15, 0.2) is 18.9 Å². The number of carboxylic acids is 1. The van der Waals surface area contributed by atoms with Crippen LogP contribution in [0.1, 0.15) is 81.3 Å². The quantitative estimate of drug-likeness (QED) is 0.00998. The van der Waals surface area contributed by atoms with Crippen LogP contribution < -0.4 is 54.0 Å². The van der Waals surface area contributed by atoms with E-state index < -0.39 is 256 Å². The molecule has 0 radical (unpaired) electrons. The van der Waals surface area contributed by atoms with Gasteiger partial charge in [0.25, 0.3) is 58.5 Å². The number of amides is 3. The predicted molar refractivity (Wildman–Crippen MR) is 384 cm³/mol. The van der Waals surface area contributed by atoms with Gasteiger partial charge in [0.2, 0.25) is 11.8 Å². The summed E-state index contributed by atoms with van der Waals surface area (Å²) >= 11 is 0. The van der Waals surface area contributed by atoms with Crippen molar-refractivity contribution in [3.63, 3.8) is 0 Å². The van der Waals surface area contributed by atoms with Crippen LogP contribution in [0.15, 0.2) is 88.5 Å². The second-order valence-corrected chi connectivity index (χ2v) is 31.5. The van der Waals surface area contributed by atoms with Crippen LogP contribution >= 0.6 is 0 Å². The second-order valence-electron chi connectivity index (χ2n) is 27.3. The van der Waals surface area contributed by atoms with Crippen LogP contribution in [0.2, 0.25) is 0 Å². The lowest BCUT2D eigenvalue weighted by atomic mass is 9.88. The number of anilines is 4. The van der Waals surface area contributed by atoms with Crippen molar-refractivity contribution in [3.05, 3.63) is 107 Å². The molecule has 4 aliphatic heterocycles. The zero-order valence-electron chi connectivity index (χ0n) is 60.3. The highest BCUT2D eigenvalue weighted by atomic mass is 32.2. The summed E-state index contributed by atoms with van der Waals surface area (Å²) in [6.45, 7) is -1.69. The number of aromatic nitrogens is 2. The molecule has 21 atom stereocenters. The highest BCUT2D eigenvalue weighted by molar-refractivity contribution is 7.87. The van der Waals surface area contributed by atoms with E-state index in [2.05, 4.69) is 36.9 Å². The monoisotopic (exact) mass is 1680 g/mol. The van der Waals surface area contributed by atoms with Crippen LogP contribution in [0.4, 0.5) is 22.7 Å². The van der Waals surface area contributed by atoms with Gasteiger partial charge in [-0.2, -0.15) is 25.3 Å². The van der Waals surface area contributed by atoms with E-state index in [4.69, 9.17) is 37.9 Å². The third kappa shape index (κ3) is 21.4. The lowest BCUT2D eigenvalue weighted by Gasteiger charge is -2.51. The first-order chi connectivity index (χ1) is 53.6. The third-order valence-corrected chi connectivity index (χ3v) is 21.6. The van der Waals surface area contributed by atoms with Gasteiger partial charge in [-0.3, -0.25) is 47.4 Å². The molecule has 5 heterocycles. The number of unbranched alkanes of at least 4 members (excludes halogenated alkanes) is 5. The predicted octanol–water partition coefficient (Wildman–Crippen LogP) is -6.73. The normalized spacial score (nSPS) is 28.8. The fraction of sp³-hybridized carbons (Fsp3) is 0.576. The van der Waals surface area contributed by atoms with E-state index in [9.17, 15) is 139 Å². The number of aromatic amines is 2. The summed E-state index contributed by atoms with van der Waals surface area (Å²) < 4.78 is 151. The molecule has 0 saturated carbocycles. The minimum Gasteiger partial charge on any atom is -0.477 e. The number of carboxylic acid groups (broad SMARTS) is 1. The minimum atomic E-state index is -5.26. The van der Waals surface area contributed by atoms with Crippen molar-refractivity contribution >= 4 is 87.6 Å². The molecular formula is C66H88N8O37S3. The number of aliphatic hydroxyl groups is 11. The fourth-order valence-electron chi connectivity index (χ4n) is 13.3. The fourth-order valence-corrected chi connectivity index (χ4v) is 15.2. The summed E-state index contributed by atoms with van der Waals surface area (Å²) in [4.78, 5) is 104. The van der Waals surface area contributed by atoms with E-state index in [1.54, 1.807) is 0 Å². The van der Waals surface area contributed by atoms with E-state index in [0.29, 0.717) is 61.9 Å². The van der Waals surface area contributed by atoms with Crippen molar-refractivity contribution in [2.45, 2.75) is 215 Å².